The molecular weight excluding hydrogens is 312 g/mol. The molecule has 1 aliphatic rings. The molecule has 4 heteroatoms. The van der Waals surface area contributed by atoms with E-state index in [9.17, 15) is 9.90 Å². The topological polar surface area (TPSA) is 46.5 Å². The first-order valence-electron chi connectivity index (χ1n) is 7.08. The normalized spacial score (nSPS) is 15.0. The van der Waals surface area contributed by atoms with Gasteiger partial charge in [0, 0.05) is 0 Å². The first kappa shape index (κ1) is 13.9. The molecule has 4 rings (SSSR count). The summed E-state index contributed by atoms with van der Waals surface area (Å²) in [5, 5.41) is 11.6. The maximum Gasteiger partial charge on any atom is 0.232 e. The zero-order valence-corrected chi connectivity index (χ0v) is 12.7. The molecule has 3 aromatic rings. The molecule has 0 unspecified atom stereocenters. The molecule has 0 saturated carbocycles. The van der Waals surface area contributed by atoms with E-state index in [1.54, 1.807) is 24.3 Å². The van der Waals surface area contributed by atoms with Crippen LogP contribution in [0, 0.1) is 0 Å². The summed E-state index contributed by atoms with van der Waals surface area (Å²) in [6.07, 6.45) is 1.63. The number of halogens is 1. The third-order valence-electron chi connectivity index (χ3n) is 3.83. The highest BCUT2D eigenvalue weighted by atomic mass is 35.5. The van der Waals surface area contributed by atoms with Crippen LogP contribution in [0.25, 0.3) is 16.8 Å². The molecule has 3 nitrogen and oxygen atoms in total. The van der Waals surface area contributed by atoms with Crippen LogP contribution in [-0.2, 0) is 0 Å². The molecular formula is C19H11ClO3. The monoisotopic (exact) mass is 322 g/mol. The Bertz CT molecular complexity index is 989. The van der Waals surface area contributed by atoms with Gasteiger partial charge in [-0.1, -0.05) is 48.0 Å². The summed E-state index contributed by atoms with van der Waals surface area (Å²) in [6.45, 7) is 0. The summed E-state index contributed by atoms with van der Waals surface area (Å²) < 4.78 is 5.71. The van der Waals surface area contributed by atoms with Gasteiger partial charge in [0.2, 0.25) is 5.78 Å². The maximum absolute atomic E-state index is 12.7. The van der Waals surface area contributed by atoms with Crippen LogP contribution in [0.4, 0.5) is 0 Å². The van der Waals surface area contributed by atoms with Crippen molar-refractivity contribution in [2.45, 2.75) is 0 Å². The van der Waals surface area contributed by atoms with Gasteiger partial charge in [-0.25, -0.2) is 0 Å². The van der Waals surface area contributed by atoms with E-state index in [0.717, 1.165) is 10.8 Å². The lowest BCUT2D eigenvalue weighted by molar-refractivity contribution is 0.101. The summed E-state index contributed by atoms with van der Waals surface area (Å²) in [7, 11) is 0. The molecule has 0 aliphatic carbocycles. The lowest BCUT2D eigenvalue weighted by Crippen LogP contribution is -1.98. The summed E-state index contributed by atoms with van der Waals surface area (Å²) in [5.41, 5.74) is 1.27. The minimum absolute atomic E-state index is 0.00163. The summed E-state index contributed by atoms with van der Waals surface area (Å²) >= 11 is 5.90. The predicted molar refractivity (Wildman–Crippen MR) is 90.0 cm³/mol. The van der Waals surface area contributed by atoms with Gasteiger partial charge >= 0.3 is 0 Å². The van der Waals surface area contributed by atoms with Gasteiger partial charge in [-0.3, -0.25) is 4.79 Å². The number of fused-ring (bicyclic) bond motifs is 3. The summed E-state index contributed by atoms with van der Waals surface area (Å²) in [4.78, 5) is 12.7. The van der Waals surface area contributed by atoms with Crippen molar-refractivity contribution in [2.24, 2.45) is 0 Å². The predicted octanol–water partition coefficient (Wildman–Crippen LogP) is 4.82. The molecule has 0 fully saturated rings. The van der Waals surface area contributed by atoms with Crippen LogP contribution in [-0.4, -0.2) is 10.9 Å². The molecule has 0 amide bonds. The largest absolute Gasteiger partial charge is 0.506 e. The van der Waals surface area contributed by atoms with Crippen molar-refractivity contribution < 1.29 is 14.6 Å². The molecule has 1 heterocycles. The van der Waals surface area contributed by atoms with Gasteiger partial charge in [-0.2, -0.15) is 0 Å². The lowest BCUT2D eigenvalue weighted by Gasteiger charge is -2.01. The van der Waals surface area contributed by atoms with Crippen molar-refractivity contribution in [1.29, 1.82) is 0 Å². The quantitative estimate of drug-likeness (QED) is 0.654. The van der Waals surface area contributed by atoms with Gasteiger partial charge in [-0.05, 0) is 40.6 Å². The van der Waals surface area contributed by atoms with Crippen LogP contribution in [0.5, 0.6) is 11.5 Å². The fraction of sp³-hybridized carbons (Fsp3) is 0. The number of benzene rings is 3. The Hall–Kier alpha value is -2.78. The Morgan fingerprint density at radius 2 is 1.87 bits per heavy atom. The number of allylic oxidation sites excluding steroid dienone is 1. The highest BCUT2D eigenvalue weighted by Crippen LogP contribution is 2.37. The van der Waals surface area contributed by atoms with Gasteiger partial charge in [0.1, 0.15) is 11.5 Å². The SMILES string of the molecule is O=C1C(=Cc2ccc(O)c(Cl)c2)Oc2ccc3ccccc3c21. The molecule has 1 N–H and O–H groups in total. The zero-order chi connectivity index (χ0) is 16.0. The second kappa shape index (κ2) is 5.14. The number of Topliss-reactive ketones (excluding diaryl/α,β-unsaturated/α-hetero) is 1. The van der Waals surface area contributed by atoms with Crippen LogP contribution in [0.15, 0.2) is 60.4 Å². The number of phenolic OH excluding ortho intramolecular Hbond substituents is 1. The Labute approximate surface area is 137 Å². The first-order valence-corrected chi connectivity index (χ1v) is 7.46. The van der Waals surface area contributed by atoms with E-state index in [4.69, 9.17) is 16.3 Å². The van der Waals surface area contributed by atoms with Gasteiger partial charge in [0.05, 0.1) is 10.6 Å². The first-order chi connectivity index (χ1) is 11.1. The number of hydrogen-bond acceptors (Lipinski definition) is 3. The average molecular weight is 323 g/mol. The molecule has 3 aromatic carbocycles. The Morgan fingerprint density at radius 1 is 1.04 bits per heavy atom. The molecule has 0 spiro atoms. The minimum Gasteiger partial charge on any atom is -0.506 e. The number of hydrogen-bond donors (Lipinski definition) is 1. The van der Waals surface area contributed by atoms with Gasteiger partial charge < -0.3 is 9.84 Å². The van der Waals surface area contributed by atoms with E-state index in [1.807, 2.05) is 30.3 Å². The lowest BCUT2D eigenvalue weighted by atomic mass is 10.0. The van der Waals surface area contributed by atoms with Crippen molar-refractivity contribution >= 4 is 34.2 Å². The number of phenols is 1. The molecule has 1 aliphatic heterocycles. The Kier molecular flexibility index (Phi) is 3.10. The van der Waals surface area contributed by atoms with Gasteiger partial charge in [-0.15, -0.1) is 0 Å². The van der Waals surface area contributed by atoms with Crippen molar-refractivity contribution in [2.75, 3.05) is 0 Å². The van der Waals surface area contributed by atoms with Crippen LogP contribution in [0.2, 0.25) is 5.02 Å². The maximum atomic E-state index is 12.7. The van der Waals surface area contributed by atoms with Crippen molar-refractivity contribution in [3.05, 3.63) is 76.5 Å². The number of ether oxygens (including phenoxy) is 1. The standard InChI is InChI=1S/C19H11ClO3/c20-14-9-11(5-7-15(14)21)10-17-19(22)18-13-4-2-1-3-12(13)6-8-16(18)23-17/h1-10,21H. The van der Waals surface area contributed by atoms with Gasteiger partial charge in [0.15, 0.2) is 5.76 Å². The van der Waals surface area contributed by atoms with E-state index in [2.05, 4.69) is 0 Å². The highest BCUT2D eigenvalue weighted by molar-refractivity contribution is 6.32. The van der Waals surface area contributed by atoms with Gasteiger partial charge in [0.25, 0.3) is 0 Å². The van der Waals surface area contributed by atoms with Crippen LogP contribution in [0.1, 0.15) is 15.9 Å². The third kappa shape index (κ3) is 2.26. The number of rotatable bonds is 1. The van der Waals surface area contributed by atoms with Crippen molar-refractivity contribution in [3.8, 4) is 11.5 Å². The molecule has 0 aromatic heterocycles. The zero-order valence-electron chi connectivity index (χ0n) is 11.9. The van der Waals surface area contributed by atoms with E-state index in [1.165, 1.54) is 6.07 Å². The Balaban J connectivity index is 1.81. The van der Waals surface area contributed by atoms with Crippen LogP contribution >= 0.6 is 11.6 Å². The third-order valence-corrected chi connectivity index (χ3v) is 4.13. The van der Waals surface area contributed by atoms with Crippen LogP contribution in [0.3, 0.4) is 0 Å². The molecule has 0 bridgehead atoms. The van der Waals surface area contributed by atoms with Crippen molar-refractivity contribution in [3.63, 3.8) is 0 Å². The number of ketones is 1. The number of carbonyl (C=O) groups is 1. The molecule has 112 valence electrons. The van der Waals surface area contributed by atoms with E-state index in [-0.39, 0.29) is 22.3 Å². The number of aromatic hydroxyl groups is 1. The molecule has 23 heavy (non-hydrogen) atoms. The average Bonchev–Trinajstić information content (AvgIpc) is 2.87. The fourth-order valence-corrected chi connectivity index (χ4v) is 2.91. The second-order valence-electron chi connectivity index (χ2n) is 5.31. The summed E-state index contributed by atoms with van der Waals surface area (Å²) in [6, 6.07) is 16.2. The highest BCUT2D eigenvalue weighted by Gasteiger charge is 2.29. The van der Waals surface area contributed by atoms with Crippen LogP contribution < -0.4 is 4.74 Å². The van der Waals surface area contributed by atoms with E-state index in [0.29, 0.717) is 16.9 Å². The minimum atomic E-state index is -0.152. The number of carbonyl (C=O) groups excluding carboxylic acids is 1. The van der Waals surface area contributed by atoms with E-state index < -0.39 is 0 Å². The molecule has 0 saturated heterocycles. The summed E-state index contributed by atoms with van der Waals surface area (Å²) in [5.74, 6) is 0.658. The van der Waals surface area contributed by atoms with Crippen molar-refractivity contribution in [1.82, 2.24) is 0 Å². The molecule has 0 atom stereocenters. The van der Waals surface area contributed by atoms with E-state index >= 15 is 0 Å². The Morgan fingerprint density at radius 3 is 2.70 bits per heavy atom. The fourth-order valence-electron chi connectivity index (χ4n) is 2.72. The molecule has 0 radical (unpaired) electrons. The second-order valence-corrected chi connectivity index (χ2v) is 5.72. The smallest absolute Gasteiger partial charge is 0.232 e.